The minimum absolute atomic E-state index is 0.405. The first-order valence-electron chi connectivity index (χ1n) is 6.26. The largest absolute Gasteiger partial charge is 0.376 e. The Labute approximate surface area is 96.0 Å². The van der Waals surface area contributed by atoms with Crippen molar-refractivity contribution in [3.63, 3.8) is 0 Å². The van der Waals surface area contributed by atoms with Crippen LogP contribution in [0, 0.1) is 0 Å². The molecule has 4 nitrogen and oxygen atoms in total. The quantitative estimate of drug-likeness (QED) is 0.832. The molecule has 3 heterocycles. The lowest BCUT2D eigenvalue weighted by atomic mass is 10.1. The van der Waals surface area contributed by atoms with Gasteiger partial charge in [-0.2, -0.15) is 0 Å². The molecule has 2 aliphatic rings. The molecule has 2 saturated heterocycles. The monoisotopic (exact) mass is 221 g/mol. The van der Waals surface area contributed by atoms with Crippen molar-refractivity contribution in [3.8, 4) is 0 Å². The van der Waals surface area contributed by atoms with E-state index >= 15 is 0 Å². The summed E-state index contributed by atoms with van der Waals surface area (Å²) in [6.07, 6.45) is 8.02. The van der Waals surface area contributed by atoms with Crippen molar-refractivity contribution in [1.82, 2.24) is 14.9 Å². The van der Waals surface area contributed by atoms with Gasteiger partial charge in [0.25, 0.3) is 0 Å². The van der Waals surface area contributed by atoms with E-state index in [1.54, 1.807) is 0 Å². The molecular weight excluding hydrogens is 202 g/mol. The van der Waals surface area contributed by atoms with Crippen LogP contribution in [0.2, 0.25) is 0 Å². The highest BCUT2D eigenvalue weighted by Crippen LogP contribution is 2.23. The fraction of sp³-hybridized carbons (Fsp3) is 0.750. The Hall–Kier alpha value is -0.870. The van der Waals surface area contributed by atoms with Gasteiger partial charge in [0.05, 0.1) is 19.0 Å². The predicted octanol–water partition coefficient (Wildman–Crippen LogP) is 1.14. The number of aromatic nitrogens is 2. The maximum atomic E-state index is 5.68. The van der Waals surface area contributed by atoms with Crippen molar-refractivity contribution in [2.24, 2.45) is 0 Å². The zero-order valence-electron chi connectivity index (χ0n) is 9.56. The average molecular weight is 221 g/mol. The molecule has 16 heavy (non-hydrogen) atoms. The van der Waals surface area contributed by atoms with Crippen LogP contribution in [0.5, 0.6) is 0 Å². The maximum absolute atomic E-state index is 5.68. The number of nitrogens with one attached hydrogen (secondary N) is 1. The van der Waals surface area contributed by atoms with Gasteiger partial charge in [-0.1, -0.05) is 0 Å². The number of ether oxygens (including phenoxy) is 1. The lowest BCUT2D eigenvalue weighted by Crippen LogP contribution is -2.18. The number of hydrogen-bond donors (Lipinski definition) is 1. The van der Waals surface area contributed by atoms with Crippen molar-refractivity contribution in [2.75, 3.05) is 19.7 Å². The lowest BCUT2D eigenvalue weighted by Gasteiger charge is -2.16. The minimum atomic E-state index is 0.405. The highest BCUT2D eigenvalue weighted by Gasteiger charge is 2.22. The number of hydrogen-bond acceptors (Lipinski definition) is 3. The van der Waals surface area contributed by atoms with Crippen LogP contribution in [0.25, 0.3) is 0 Å². The standard InChI is InChI=1S/C12H19N3O/c1-2-11(16-5-1)8-15-9-14-7-12(15)10-3-4-13-6-10/h7,9-11,13H,1-6,8H2. The zero-order chi connectivity index (χ0) is 10.8. The summed E-state index contributed by atoms with van der Waals surface area (Å²) in [4.78, 5) is 4.29. The van der Waals surface area contributed by atoms with Crippen LogP contribution in [0.4, 0.5) is 0 Å². The van der Waals surface area contributed by atoms with Crippen LogP contribution in [0.15, 0.2) is 12.5 Å². The van der Waals surface area contributed by atoms with Crippen LogP contribution in [-0.4, -0.2) is 35.4 Å². The topological polar surface area (TPSA) is 39.1 Å². The van der Waals surface area contributed by atoms with E-state index in [0.717, 1.165) is 26.2 Å². The van der Waals surface area contributed by atoms with E-state index in [4.69, 9.17) is 4.74 Å². The number of rotatable bonds is 3. The zero-order valence-corrected chi connectivity index (χ0v) is 9.56. The van der Waals surface area contributed by atoms with Gasteiger partial charge in [0.2, 0.25) is 0 Å². The first-order chi connectivity index (χ1) is 7.93. The number of nitrogens with zero attached hydrogens (tertiary/aromatic N) is 2. The predicted molar refractivity (Wildman–Crippen MR) is 61.4 cm³/mol. The van der Waals surface area contributed by atoms with Crippen molar-refractivity contribution in [2.45, 2.75) is 37.8 Å². The van der Waals surface area contributed by atoms with E-state index in [1.807, 2.05) is 12.5 Å². The molecule has 2 fully saturated rings. The second kappa shape index (κ2) is 4.55. The van der Waals surface area contributed by atoms with Gasteiger partial charge in [0.15, 0.2) is 0 Å². The third-order valence-electron chi connectivity index (χ3n) is 3.65. The third-order valence-corrected chi connectivity index (χ3v) is 3.65. The first-order valence-corrected chi connectivity index (χ1v) is 6.26. The molecule has 0 aromatic carbocycles. The smallest absolute Gasteiger partial charge is 0.0949 e. The molecule has 0 aliphatic carbocycles. The SMILES string of the molecule is c1ncn(CC2CCCO2)c1C1CCNC1. The van der Waals surface area contributed by atoms with Crippen LogP contribution in [-0.2, 0) is 11.3 Å². The van der Waals surface area contributed by atoms with E-state index in [-0.39, 0.29) is 0 Å². The van der Waals surface area contributed by atoms with E-state index in [9.17, 15) is 0 Å². The Morgan fingerprint density at radius 2 is 2.50 bits per heavy atom. The van der Waals surface area contributed by atoms with Crippen LogP contribution < -0.4 is 5.32 Å². The van der Waals surface area contributed by atoms with E-state index in [2.05, 4.69) is 14.9 Å². The first kappa shape index (κ1) is 10.3. The normalized spacial score (nSPS) is 30.0. The third kappa shape index (κ3) is 1.99. The molecule has 0 radical (unpaired) electrons. The molecular formula is C12H19N3O. The average Bonchev–Trinajstić information content (AvgIpc) is 2.98. The molecule has 2 unspecified atom stereocenters. The van der Waals surface area contributed by atoms with E-state index in [1.165, 1.54) is 25.0 Å². The summed E-state index contributed by atoms with van der Waals surface area (Å²) in [7, 11) is 0. The Kier molecular flexibility index (Phi) is 2.93. The molecule has 1 aromatic heterocycles. The van der Waals surface area contributed by atoms with Gasteiger partial charge in [-0.05, 0) is 25.8 Å². The molecule has 4 heteroatoms. The molecule has 3 rings (SSSR count). The molecule has 0 bridgehead atoms. The molecule has 1 N–H and O–H groups in total. The maximum Gasteiger partial charge on any atom is 0.0949 e. The summed E-state index contributed by atoms with van der Waals surface area (Å²) in [6.45, 7) is 4.14. The Balaban J connectivity index is 1.71. The Morgan fingerprint density at radius 1 is 1.50 bits per heavy atom. The second-order valence-corrected chi connectivity index (χ2v) is 4.80. The van der Waals surface area contributed by atoms with Gasteiger partial charge in [-0.25, -0.2) is 4.98 Å². The van der Waals surface area contributed by atoms with Crippen molar-refractivity contribution < 1.29 is 4.74 Å². The molecule has 0 saturated carbocycles. The second-order valence-electron chi connectivity index (χ2n) is 4.80. The summed E-state index contributed by atoms with van der Waals surface area (Å²) in [6, 6.07) is 0. The van der Waals surface area contributed by atoms with Crippen LogP contribution >= 0.6 is 0 Å². The molecule has 1 aromatic rings. The fourth-order valence-corrected chi connectivity index (χ4v) is 2.74. The highest BCUT2D eigenvalue weighted by atomic mass is 16.5. The van der Waals surface area contributed by atoms with E-state index < -0.39 is 0 Å². The molecule has 88 valence electrons. The Bertz CT molecular complexity index is 338. The van der Waals surface area contributed by atoms with Gasteiger partial charge < -0.3 is 14.6 Å². The van der Waals surface area contributed by atoms with Crippen LogP contribution in [0.1, 0.15) is 30.9 Å². The van der Waals surface area contributed by atoms with Crippen molar-refractivity contribution >= 4 is 0 Å². The van der Waals surface area contributed by atoms with Gasteiger partial charge in [0.1, 0.15) is 0 Å². The van der Waals surface area contributed by atoms with Gasteiger partial charge in [0, 0.05) is 31.0 Å². The fourth-order valence-electron chi connectivity index (χ4n) is 2.74. The summed E-state index contributed by atoms with van der Waals surface area (Å²) in [5.41, 5.74) is 1.38. The summed E-state index contributed by atoms with van der Waals surface area (Å²) < 4.78 is 7.97. The molecule has 0 amide bonds. The van der Waals surface area contributed by atoms with Crippen molar-refractivity contribution in [1.29, 1.82) is 0 Å². The van der Waals surface area contributed by atoms with Gasteiger partial charge in [-0.15, -0.1) is 0 Å². The van der Waals surface area contributed by atoms with E-state index in [0.29, 0.717) is 12.0 Å². The molecule has 2 atom stereocenters. The Morgan fingerprint density at radius 3 is 3.25 bits per heavy atom. The summed E-state index contributed by atoms with van der Waals surface area (Å²) in [5, 5.41) is 3.41. The minimum Gasteiger partial charge on any atom is -0.376 e. The number of imidazole rings is 1. The van der Waals surface area contributed by atoms with Gasteiger partial charge in [-0.3, -0.25) is 0 Å². The lowest BCUT2D eigenvalue weighted by molar-refractivity contribution is 0.0961. The molecule has 0 spiro atoms. The van der Waals surface area contributed by atoms with Crippen LogP contribution in [0.3, 0.4) is 0 Å². The van der Waals surface area contributed by atoms with Crippen molar-refractivity contribution in [3.05, 3.63) is 18.2 Å². The molecule has 2 aliphatic heterocycles. The van der Waals surface area contributed by atoms with Gasteiger partial charge >= 0.3 is 0 Å². The highest BCUT2D eigenvalue weighted by molar-refractivity contribution is 5.09. The summed E-state index contributed by atoms with van der Waals surface area (Å²) >= 11 is 0. The summed E-state index contributed by atoms with van der Waals surface area (Å²) in [5.74, 6) is 0.643.